The molecular weight excluding hydrogens is 233 g/mol. The van der Waals surface area contributed by atoms with E-state index in [-0.39, 0.29) is 11.7 Å². The lowest BCUT2D eigenvalue weighted by molar-refractivity contribution is 0.0940. The minimum absolute atomic E-state index is 0.177. The highest BCUT2D eigenvalue weighted by atomic mass is 19.1. The Bertz CT molecular complexity index is 351. The molecule has 0 fully saturated rings. The van der Waals surface area contributed by atoms with E-state index in [2.05, 4.69) is 12.2 Å². The number of benzene rings is 1. The van der Waals surface area contributed by atoms with E-state index < -0.39 is 0 Å². The molecule has 1 aromatic rings. The highest BCUT2D eigenvalue weighted by molar-refractivity contribution is 5.94. The molecule has 0 aliphatic rings. The van der Waals surface area contributed by atoms with Crippen molar-refractivity contribution >= 4 is 5.91 Å². The molecule has 0 saturated carbocycles. The van der Waals surface area contributed by atoms with Gasteiger partial charge in [-0.05, 0) is 37.1 Å². The van der Waals surface area contributed by atoms with Gasteiger partial charge < -0.3 is 10.1 Å². The third-order valence-corrected chi connectivity index (χ3v) is 2.50. The topological polar surface area (TPSA) is 38.3 Å². The zero-order chi connectivity index (χ0) is 13.2. The fraction of sp³-hybridized carbons (Fsp3) is 0.500. The van der Waals surface area contributed by atoms with Crippen LogP contribution in [0.25, 0.3) is 0 Å². The molecule has 1 rings (SSSR count). The highest BCUT2D eigenvalue weighted by Crippen LogP contribution is 2.02. The van der Waals surface area contributed by atoms with Crippen LogP contribution in [0.2, 0.25) is 0 Å². The maximum Gasteiger partial charge on any atom is 0.251 e. The Morgan fingerprint density at radius 1 is 1.22 bits per heavy atom. The molecular formula is C14H20FNO2. The summed E-state index contributed by atoms with van der Waals surface area (Å²) in [6.07, 6.45) is 2.99. The summed E-state index contributed by atoms with van der Waals surface area (Å²) in [4.78, 5) is 11.6. The average Bonchev–Trinajstić information content (AvgIpc) is 2.38. The van der Waals surface area contributed by atoms with Crippen LogP contribution in [0.15, 0.2) is 24.3 Å². The minimum atomic E-state index is -0.337. The number of amides is 1. The van der Waals surface area contributed by atoms with Crippen molar-refractivity contribution in [2.45, 2.75) is 26.2 Å². The zero-order valence-corrected chi connectivity index (χ0v) is 10.7. The molecule has 0 atom stereocenters. The van der Waals surface area contributed by atoms with Gasteiger partial charge in [-0.2, -0.15) is 0 Å². The van der Waals surface area contributed by atoms with E-state index in [4.69, 9.17) is 4.74 Å². The molecule has 4 heteroatoms. The fourth-order valence-corrected chi connectivity index (χ4v) is 1.43. The molecule has 0 spiro atoms. The normalized spacial score (nSPS) is 10.3. The molecule has 3 nitrogen and oxygen atoms in total. The molecule has 0 unspecified atom stereocenters. The Hall–Kier alpha value is -1.42. The van der Waals surface area contributed by atoms with Crippen molar-refractivity contribution in [3.63, 3.8) is 0 Å². The smallest absolute Gasteiger partial charge is 0.251 e. The first kappa shape index (κ1) is 14.6. The van der Waals surface area contributed by atoms with Crippen molar-refractivity contribution in [1.29, 1.82) is 0 Å². The van der Waals surface area contributed by atoms with Crippen LogP contribution in [0.4, 0.5) is 4.39 Å². The molecule has 100 valence electrons. The zero-order valence-electron chi connectivity index (χ0n) is 10.7. The van der Waals surface area contributed by atoms with Gasteiger partial charge in [0.1, 0.15) is 5.82 Å². The quantitative estimate of drug-likeness (QED) is 0.723. The summed E-state index contributed by atoms with van der Waals surface area (Å²) in [5, 5.41) is 2.77. The lowest BCUT2D eigenvalue weighted by Crippen LogP contribution is -2.25. The Balaban J connectivity index is 2.12. The molecule has 0 aliphatic heterocycles. The summed E-state index contributed by atoms with van der Waals surface area (Å²) in [7, 11) is 0. The number of rotatable bonds is 8. The van der Waals surface area contributed by atoms with Crippen LogP contribution in [0.1, 0.15) is 36.5 Å². The average molecular weight is 253 g/mol. The summed E-state index contributed by atoms with van der Waals surface area (Å²) in [6.45, 7) is 4.13. The van der Waals surface area contributed by atoms with Gasteiger partial charge >= 0.3 is 0 Å². The number of carbonyl (C=O) groups excluding carboxylic acids is 1. The van der Waals surface area contributed by atoms with E-state index in [1.165, 1.54) is 24.3 Å². The van der Waals surface area contributed by atoms with Crippen LogP contribution in [0.5, 0.6) is 0 Å². The Kier molecular flexibility index (Phi) is 7.03. The second-order valence-corrected chi connectivity index (χ2v) is 4.08. The molecule has 0 bridgehead atoms. The molecule has 0 radical (unpaired) electrons. The number of hydrogen-bond acceptors (Lipinski definition) is 2. The number of hydrogen-bond donors (Lipinski definition) is 1. The fourth-order valence-electron chi connectivity index (χ4n) is 1.43. The number of halogens is 1. The van der Waals surface area contributed by atoms with Crippen LogP contribution < -0.4 is 5.32 Å². The Morgan fingerprint density at radius 2 is 1.89 bits per heavy atom. The monoisotopic (exact) mass is 253 g/mol. The van der Waals surface area contributed by atoms with Crippen LogP contribution in [0, 0.1) is 5.82 Å². The van der Waals surface area contributed by atoms with Crippen LogP contribution in [-0.2, 0) is 4.74 Å². The lowest BCUT2D eigenvalue weighted by Gasteiger charge is -2.06. The minimum Gasteiger partial charge on any atom is -0.381 e. The van der Waals surface area contributed by atoms with Crippen molar-refractivity contribution in [2.24, 2.45) is 0 Å². The molecule has 0 heterocycles. The first-order chi connectivity index (χ1) is 8.74. The largest absolute Gasteiger partial charge is 0.381 e. The molecule has 1 aromatic carbocycles. The molecule has 1 amide bonds. The highest BCUT2D eigenvalue weighted by Gasteiger charge is 2.03. The lowest BCUT2D eigenvalue weighted by atomic mass is 10.2. The number of carbonyl (C=O) groups is 1. The number of unbranched alkanes of at least 4 members (excludes halogenated alkanes) is 1. The van der Waals surface area contributed by atoms with E-state index in [9.17, 15) is 9.18 Å². The molecule has 0 aromatic heterocycles. The molecule has 18 heavy (non-hydrogen) atoms. The van der Waals surface area contributed by atoms with Gasteiger partial charge in [0.2, 0.25) is 0 Å². The van der Waals surface area contributed by atoms with Crippen molar-refractivity contribution < 1.29 is 13.9 Å². The Labute approximate surface area is 107 Å². The predicted octanol–water partition coefficient (Wildman–Crippen LogP) is 2.76. The van der Waals surface area contributed by atoms with Gasteiger partial charge in [0, 0.05) is 25.3 Å². The number of nitrogens with one attached hydrogen (secondary N) is 1. The van der Waals surface area contributed by atoms with Gasteiger partial charge in [-0.3, -0.25) is 4.79 Å². The first-order valence-electron chi connectivity index (χ1n) is 6.35. The maximum absolute atomic E-state index is 12.7. The van der Waals surface area contributed by atoms with Gasteiger partial charge in [-0.15, -0.1) is 0 Å². The molecule has 0 aliphatic carbocycles. The van der Waals surface area contributed by atoms with E-state index in [1.807, 2.05) is 0 Å². The summed E-state index contributed by atoms with van der Waals surface area (Å²) in [5.74, 6) is -0.514. The van der Waals surface area contributed by atoms with Gasteiger partial charge in [0.25, 0.3) is 5.91 Å². The maximum atomic E-state index is 12.7. The van der Waals surface area contributed by atoms with Crippen molar-refractivity contribution in [1.82, 2.24) is 5.32 Å². The van der Waals surface area contributed by atoms with E-state index in [1.54, 1.807) is 0 Å². The first-order valence-corrected chi connectivity index (χ1v) is 6.35. The van der Waals surface area contributed by atoms with E-state index >= 15 is 0 Å². The second-order valence-electron chi connectivity index (χ2n) is 4.08. The summed E-state index contributed by atoms with van der Waals surface area (Å²) in [5.41, 5.74) is 0.475. The van der Waals surface area contributed by atoms with Crippen molar-refractivity contribution in [3.05, 3.63) is 35.6 Å². The van der Waals surface area contributed by atoms with Gasteiger partial charge in [-0.25, -0.2) is 4.39 Å². The van der Waals surface area contributed by atoms with Gasteiger partial charge in [0.15, 0.2) is 0 Å². The van der Waals surface area contributed by atoms with Crippen LogP contribution in [0.3, 0.4) is 0 Å². The molecule has 1 N–H and O–H groups in total. The van der Waals surface area contributed by atoms with E-state index in [0.29, 0.717) is 18.7 Å². The van der Waals surface area contributed by atoms with Gasteiger partial charge in [0.05, 0.1) is 0 Å². The Morgan fingerprint density at radius 3 is 2.56 bits per heavy atom. The van der Waals surface area contributed by atoms with Crippen molar-refractivity contribution in [2.75, 3.05) is 19.8 Å². The number of ether oxygens (including phenoxy) is 1. The summed E-state index contributed by atoms with van der Waals surface area (Å²) >= 11 is 0. The third kappa shape index (κ3) is 5.77. The molecule has 0 saturated heterocycles. The van der Waals surface area contributed by atoms with Crippen molar-refractivity contribution in [3.8, 4) is 0 Å². The second kappa shape index (κ2) is 8.64. The van der Waals surface area contributed by atoms with E-state index in [0.717, 1.165) is 25.9 Å². The standard InChI is InChI=1S/C14H20FNO2/c1-2-3-10-18-11-4-9-16-14(17)12-5-7-13(15)8-6-12/h5-8H,2-4,9-11H2,1H3,(H,16,17). The summed E-state index contributed by atoms with van der Waals surface area (Å²) in [6, 6.07) is 5.51. The predicted molar refractivity (Wildman–Crippen MR) is 69.1 cm³/mol. The SMILES string of the molecule is CCCCOCCCNC(=O)c1ccc(F)cc1. The van der Waals surface area contributed by atoms with Gasteiger partial charge in [-0.1, -0.05) is 13.3 Å². The third-order valence-electron chi connectivity index (χ3n) is 2.50. The van der Waals surface area contributed by atoms with Crippen LogP contribution in [-0.4, -0.2) is 25.7 Å². The summed E-state index contributed by atoms with van der Waals surface area (Å²) < 4.78 is 18.0. The van der Waals surface area contributed by atoms with Crippen LogP contribution >= 0.6 is 0 Å².